The Bertz CT molecular complexity index is 307. The molecular weight excluding hydrogens is 216 g/mol. The molecule has 0 unspecified atom stereocenters. The van der Waals surface area contributed by atoms with Gasteiger partial charge in [-0.1, -0.05) is 15.9 Å². The maximum atomic E-state index is 12.6. The average Bonchev–Trinajstić information content (AvgIpc) is 1.85. The van der Waals surface area contributed by atoms with Gasteiger partial charge in [-0.15, -0.1) is 0 Å². The van der Waals surface area contributed by atoms with Crippen LogP contribution >= 0.6 is 15.9 Å². The Labute approximate surface area is 70.6 Å². The molecule has 1 aromatic carbocycles. The van der Waals surface area contributed by atoms with Crippen LogP contribution in [0.5, 0.6) is 0 Å². The van der Waals surface area contributed by atoms with Crippen LogP contribution in [0.1, 0.15) is 0 Å². The standard InChI is InChI=1S/C7H2BrF2N/c1-11-7-5(8)2-4(9)3-6(7)10/h2-3H. The molecule has 4 heteroatoms. The summed E-state index contributed by atoms with van der Waals surface area (Å²) < 4.78 is 25.1. The van der Waals surface area contributed by atoms with Crippen molar-refractivity contribution in [2.45, 2.75) is 0 Å². The van der Waals surface area contributed by atoms with Gasteiger partial charge in [0, 0.05) is 4.47 Å². The minimum Gasteiger partial charge on any atom is -0.234 e. The molecule has 0 amide bonds. The zero-order valence-corrected chi connectivity index (χ0v) is 6.82. The number of hydrogen-bond acceptors (Lipinski definition) is 0. The first kappa shape index (κ1) is 8.15. The second kappa shape index (κ2) is 2.97. The molecule has 0 aliphatic carbocycles. The first-order chi connectivity index (χ1) is 5.15. The Morgan fingerprint density at radius 3 is 2.45 bits per heavy atom. The predicted molar refractivity (Wildman–Crippen MR) is 40.3 cm³/mol. The summed E-state index contributed by atoms with van der Waals surface area (Å²) in [7, 11) is 0. The Hall–Kier alpha value is -0.950. The Kier molecular flexibility index (Phi) is 2.20. The summed E-state index contributed by atoms with van der Waals surface area (Å²) in [4.78, 5) is 2.87. The van der Waals surface area contributed by atoms with Crippen LogP contribution in [0.15, 0.2) is 16.6 Å². The van der Waals surface area contributed by atoms with Gasteiger partial charge in [0.25, 0.3) is 0 Å². The quantitative estimate of drug-likeness (QED) is 0.588. The van der Waals surface area contributed by atoms with E-state index in [0.717, 1.165) is 6.07 Å². The number of nitrogens with zero attached hydrogens (tertiary/aromatic N) is 1. The lowest BCUT2D eigenvalue weighted by atomic mass is 10.3. The zero-order chi connectivity index (χ0) is 8.43. The van der Waals surface area contributed by atoms with E-state index in [0.29, 0.717) is 6.07 Å². The highest BCUT2D eigenvalue weighted by Gasteiger charge is 2.08. The molecule has 0 bridgehead atoms. The second-order valence-corrected chi connectivity index (χ2v) is 2.68. The molecule has 1 aromatic rings. The first-order valence-corrected chi connectivity index (χ1v) is 3.46. The van der Waals surface area contributed by atoms with E-state index in [-0.39, 0.29) is 10.2 Å². The van der Waals surface area contributed by atoms with Gasteiger partial charge in [-0.25, -0.2) is 13.6 Å². The van der Waals surface area contributed by atoms with E-state index in [9.17, 15) is 8.78 Å². The molecule has 11 heavy (non-hydrogen) atoms. The molecule has 0 N–H and O–H groups in total. The minimum atomic E-state index is -0.841. The molecule has 0 aliphatic rings. The zero-order valence-electron chi connectivity index (χ0n) is 5.24. The van der Waals surface area contributed by atoms with Gasteiger partial charge in [-0.05, 0) is 12.1 Å². The van der Waals surface area contributed by atoms with Crippen molar-refractivity contribution in [3.8, 4) is 0 Å². The molecule has 0 radical (unpaired) electrons. The molecular formula is C7H2BrF2N. The molecule has 0 heterocycles. The fourth-order valence-electron chi connectivity index (χ4n) is 0.641. The van der Waals surface area contributed by atoms with Crippen LogP contribution in [0.25, 0.3) is 4.85 Å². The van der Waals surface area contributed by atoms with Crippen molar-refractivity contribution in [1.29, 1.82) is 0 Å². The summed E-state index contributed by atoms with van der Waals surface area (Å²) in [5.74, 6) is -1.53. The van der Waals surface area contributed by atoms with E-state index in [1.807, 2.05) is 0 Å². The maximum absolute atomic E-state index is 12.6. The van der Waals surface area contributed by atoms with Gasteiger partial charge in [0.15, 0.2) is 0 Å². The van der Waals surface area contributed by atoms with Gasteiger partial charge in [-0.2, -0.15) is 0 Å². The van der Waals surface area contributed by atoms with Crippen LogP contribution in [-0.2, 0) is 0 Å². The molecule has 0 saturated carbocycles. The first-order valence-electron chi connectivity index (χ1n) is 2.67. The van der Waals surface area contributed by atoms with Crippen LogP contribution in [0.3, 0.4) is 0 Å². The van der Waals surface area contributed by atoms with Gasteiger partial charge in [-0.3, -0.25) is 0 Å². The van der Waals surface area contributed by atoms with Gasteiger partial charge < -0.3 is 0 Å². The summed E-state index contributed by atoms with van der Waals surface area (Å²) in [6.45, 7) is 6.53. The average molecular weight is 218 g/mol. The Balaban J connectivity index is 3.40. The summed E-state index contributed by atoms with van der Waals surface area (Å²) >= 11 is 2.86. The Morgan fingerprint density at radius 1 is 1.36 bits per heavy atom. The number of rotatable bonds is 0. The highest BCUT2D eigenvalue weighted by Crippen LogP contribution is 2.29. The number of hydrogen-bond donors (Lipinski definition) is 0. The second-order valence-electron chi connectivity index (χ2n) is 1.83. The van der Waals surface area contributed by atoms with Crippen molar-refractivity contribution in [1.82, 2.24) is 0 Å². The summed E-state index contributed by atoms with van der Waals surface area (Å²) in [5.41, 5.74) is -0.189. The van der Waals surface area contributed by atoms with E-state index >= 15 is 0 Å². The van der Waals surface area contributed by atoms with E-state index in [1.54, 1.807) is 0 Å². The van der Waals surface area contributed by atoms with E-state index in [4.69, 9.17) is 6.57 Å². The molecule has 0 fully saturated rings. The van der Waals surface area contributed by atoms with E-state index < -0.39 is 11.6 Å². The van der Waals surface area contributed by atoms with Gasteiger partial charge in [0.05, 0.1) is 6.57 Å². The van der Waals surface area contributed by atoms with Crippen LogP contribution in [-0.4, -0.2) is 0 Å². The normalized spacial score (nSPS) is 9.27. The van der Waals surface area contributed by atoms with Crippen LogP contribution in [0, 0.1) is 18.2 Å². The molecule has 0 aromatic heterocycles. The monoisotopic (exact) mass is 217 g/mol. The van der Waals surface area contributed by atoms with Gasteiger partial charge in [0.2, 0.25) is 5.69 Å². The largest absolute Gasteiger partial charge is 0.236 e. The molecule has 56 valence electrons. The highest BCUT2D eigenvalue weighted by molar-refractivity contribution is 9.10. The number of halogens is 3. The fourth-order valence-corrected chi connectivity index (χ4v) is 1.14. The predicted octanol–water partition coefficient (Wildman–Crippen LogP) is 3.28. The third kappa shape index (κ3) is 1.55. The topological polar surface area (TPSA) is 4.36 Å². The molecule has 0 aliphatic heterocycles. The number of benzene rings is 1. The SMILES string of the molecule is [C-]#[N+]c1c(F)cc(F)cc1Br. The van der Waals surface area contributed by atoms with Crippen molar-refractivity contribution in [3.63, 3.8) is 0 Å². The Morgan fingerprint density at radius 2 is 2.00 bits per heavy atom. The maximum Gasteiger partial charge on any atom is 0.236 e. The van der Waals surface area contributed by atoms with E-state index in [1.165, 1.54) is 0 Å². The van der Waals surface area contributed by atoms with Gasteiger partial charge in [0.1, 0.15) is 11.6 Å². The van der Waals surface area contributed by atoms with Crippen molar-refractivity contribution in [2.75, 3.05) is 0 Å². The lowest BCUT2D eigenvalue weighted by Crippen LogP contribution is -1.79. The van der Waals surface area contributed by atoms with Crippen LogP contribution in [0.2, 0.25) is 0 Å². The minimum absolute atomic E-state index is 0.144. The lowest BCUT2D eigenvalue weighted by molar-refractivity contribution is 0.586. The highest BCUT2D eigenvalue weighted by atomic mass is 79.9. The molecule has 0 atom stereocenters. The fraction of sp³-hybridized carbons (Fsp3) is 0. The lowest BCUT2D eigenvalue weighted by Gasteiger charge is -1.96. The smallest absolute Gasteiger partial charge is 0.234 e. The molecule has 0 spiro atoms. The summed E-state index contributed by atoms with van der Waals surface area (Å²) in [6, 6.07) is 1.73. The third-order valence-electron chi connectivity index (χ3n) is 1.09. The molecule has 1 rings (SSSR count). The van der Waals surface area contributed by atoms with Crippen LogP contribution < -0.4 is 0 Å². The summed E-state index contributed by atoms with van der Waals surface area (Å²) in [6.07, 6.45) is 0. The summed E-state index contributed by atoms with van der Waals surface area (Å²) in [5, 5.41) is 0. The van der Waals surface area contributed by atoms with Crippen molar-refractivity contribution in [2.24, 2.45) is 0 Å². The van der Waals surface area contributed by atoms with E-state index in [2.05, 4.69) is 20.8 Å². The third-order valence-corrected chi connectivity index (χ3v) is 1.70. The van der Waals surface area contributed by atoms with Crippen molar-refractivity contribution >= 4 is 21.6 Å². The van der Waals surface area contributed by atoms with Crippen molar-refractivity contribution < 1.29 is 8.78 Å². The molecule has 1 nitrogen and oxygen atoms in total. The molecule has 0 saturated heterocycles. The van der Waals surface area contributed by atoms with Crippen molar-refractivity contribution in [3.05, 3.63) is 39.7 Å². The van der Waals surface area contributed by atoms with Crippen LogP contribution in [0.4, 0.5) is 14.5 Å². The van der Waals surface area contributed by atoms with Gasteiger partial charge >= 0.3 is 0 Å².